The molecule has 1 saturated carbocycles. The van der Waals surface area contributed by atoms with Gasteiger partial charge < -0.3 is 14.5 Å². The number of fused-ring (bicyclic) bond motifs is 4. The third kappa shape index (κ3) is 7.91. The molecule has 0 saturated heterocycles. The van der Waals surface area contributed by atoms with Gasteiger partial charge in [0, 0.05) is 56.8 Å². The molecule has 0 bridgehead atoms. The lowest BCUT2D eigenvalue weighted by molar-refractivity contribution is 0.345. The van der Waals surface area contributed by atoms with Crippen LogP contribution in [0.4, 0.5) is 22.7 Å². The number of benzene rings is 9. The van der Waals surface area contributed by atoms with Gasteiger partial charge >= 0.3 is 0 Å². The van der Waals surface area contributed by atoms with Gasteiger partial charge in [0.1, 0.15) is 24.0 Å². The lowest BCUT2D eigenvalue weighted by Gasteiger charge is -2.38. The maximum absolute atomic E-state index is 9.62. The first-order valence-corrected chi connectivity index (χ1v) is 25.7. The summed E-state index contributed by atoms with van der Waals surface area (Å²) in [5.74, 6) is 1.89. The average Bonchev–Trinajstić information content (AvgIpc) is 3.55. The fourth-order valence-electron chi connectivity index (χ4n) is 11.9. The Morgan fingerprint density at radius 3 is 1.81 bits per heavy atom. The molecule has 0 unspecified atom stereocenters. The minimum absolute atomic E-state index is 0.237. The van der Waals surface area contributed by atoms with Crippen LogP contribution in [0.25, 0.3) is 61.0 Å². The fourth-order valence-corrected chi connectivity index (χ4v) is 11.9. The molecule has 2 aliphatic rings. The summed E-state index contributed by atoms with van der Waals surface area (Å²) in [7, 11) is 0. The van der Waals surface area contributed by atoms with Crippen molar-refractivity contribution in [3.05, 3.63) is 252 Å². The van der Waals surface area contributed by atoms with E-state index in [0.29, 0.717) is 41.5 Å². The Kier molecular flexibility index (Phi) is 10.4. The van der Waals surface area contributed by atoms with Crippen LogP contribution in [0.2, 0.25) is 0 Å². The van der Waals surface area contributed by atoms with Crippen LogP contribution in [0.1, 0.15) is 65.3 Å². The zero-order valence-electron chi connectivity index (χ0n) is 45.9. The highest BCUT2D eigenvalue weighted by molar-refractivity contribution is 6.09. The van der Waals surface area contributed by atoms with Gasteiger partial charge in [0.25, 0.3) is 0 Å². The first kappa shape index (κ1) is 40.9. The highest BCUT2D eigenvalue weighted by atomic mass is 16.5. The van der Waals surface area contributed by atoms with Crippen molar-refractivity contribution >= 4 is 44.6 Å². The molecule has 0 atom stereocenters. The van der Waals surface area contributed by atoms with Gasteiger partial charge in [-0.2, -0.15) is 0 Å². The van der Waals surface area contributed by atoms with Crippen LogP contribution < -0.4 is 14.5 Å². The van der Waals surface area contributed by atoms with Crippen molar-refractivity contribution in [3.8, 4) is 50.7 Å². The SMILES string of the molecule is [2H]C1([2H])CCCC([2H])([2H])C1(c1ccccc1)c1ccnc(-n2c3ccccc3c3ccc(Oc4cc(-c5c(C)cc(C)cc5C)cc(N5CN(c6c(-c7ccccc7)cccc6-c6ccccc6)c6ccccc65)c4)cc32)c1. The summed E-state index contributed by atoms with van der Waals surface area (Å²) in [5, 5.41) is 2.04. The summed E-state index contributed by atoms with van der Waals surface area (Å²) >= 11 is 0. The minimum atomic E-state index is -1.90. The molecular formula is C69H58N4O. The number of anilines is 4. The zero-order chi connectivity index (χ0) is 53.3. The van der Waals surface area contributed by atoms with E-state index >= 15 is 0 Å². The summed E-state index contributed by atoms with van der Waals surface area (Å²) < 4.78 is 47.8. The van der Waals surface area contributed by atoms with Gasteiger partial charge in [0.15, 0.2) is 0 Å². The Morgan fingerprint density at radius 2 is 1.11 bits per heavy atom. The Morgan fingerprint density at radius 1 is 0.486 bits per heavy atom. The van der Waals surface area contributed by atoms with E-state index in [9.17, 15) is 5.48 Å². The Bertz CT molecular complexity index is 3990. The Labute approximate surface area is 440 Å². The second-order valence-electron chi connectivity index (χ2n) is 19.8. The van der Waals surface area contributed by atoms with Crippen molar-refractivity contribution in [2.75, 3.05) is 16.5 Å². The quantitative estimate of drug-likeness (QED) is 0.137. The predicted molar refractivity (Wildman–Crippen MR) is 308 cm³/mol. The zero-order valence-corrected chi connectivity index (χ0v) is 41.9. The van der Waals surface area contributed by atoms with E-state index in [1.165, 1.54) is 22.3 Å². The number of para-hydroxylation sites is 4. The highest BCUT2D eigenvalue weighted by Crippen LogP contribution is 2.52. The highest BCUT2D eigenvalue weighted by Gasteiger charge is 2.36. The second-order valence-corrected chi connectivity index (χ2v) is 19.8. The molecule has 5 nitrogen and oxygen atoms in total. The first-order valence-electron chi connectivity index (χ1n) is 27.7. The monoisotopic (exact) mass is 962 g/mol. The summed E-state index contributed by atoms with van der Waals surface area (Å²) in [4.78, 5) is 9.86. The molecule has 1 aliphatic carbocycles. The molecule has 74 heavy (non-hydrogen) atoms. The maximum Gasteiger partial charge on any atom is 0.137 e. The van der Waals surface area contributed by atoms with Gasteiger partial charge in [-0.05, 0) is 133 Å². The molecule has 1 aliphatic heterocycles. The molecule has 11 aromatic rings. The number of rotatable bonds is 10. The van der Waals surface area contributed by atoms with Crippen LogP contribution in [-0.2, 0) is 5.41 Å². The number of aromatic nitrogens is 2. The molecule has 0 spiro atoms. The normalized spacial score (nSPS) is 16.3. The molecule has 2 aromatic heterocycles. The third-order valence-electron chi connectivity index (χ3n) is 15.0. The summed E-state index contributed by atoms with van der Waals surface area (Å²) in [6.45, 7) is 7.07. The van der Waals surface area contributed by atoms with Crippen molar-refractivity contribution in [3.63, 3.8) is 0 Å². The Hall–Kier alpha value is -8.67. The van der Waals surface area contributed by atoms with E-state index in [1.54, 1.807) is 6.20 Å². The molecule has 0 N–H and O–H groups in total. The lowest BCUT2D eigenvalue weighted by Crippen LogP contribution is -2.30. The van der Waals surface area contributed by atoms with Gasteiger partial charge in [0.05, 0.1) is 28.1 Å². The van der Waals surface area contributed by atoms with Crippen molar-refractivity contribution in [2.45, 2.75) is 58.2 Å². The van der Waals surface area contributed by atoms with Crippen LogP contribution in [-0.4, -0.2) is 16.2 Å². The molecule has 360 valence electrons. The smallest absolute Gasteiger partial charge is 0.137 e. The molecule has 9 aromatic carbocycles. The Balaban J connectivity index is 0.956. The van der Waals surface area contributed by atoms with E-state index < -0.39 is 18.2 Å². The van der Waals surface area contributed by atoms with Crippen molar-refractivity contribution in [2.24, 2.45) is 0 Å². The fraction of sp³-hybridized carbons (Fsp3) is 0.145. The van der Waals surface area contributed by atoms with Crippen LogP contribution in [0.5, 0.6) is 11.5 Å². The number of ether oxygens (including phenoxy) is 1. The predicted octanol–water partition coefficient (Wildman–Crippen LogP) is 18.4. The summed E-state index contributed by atoms with van der Waals surface area (Å²) in [5.41, 5.74) is 16.1. The molecule has 3 heterocycles. The number of nitrogens with zero attached hydrogens (tertiary/aromatic N) is 4. The minimum Gasteiger partial charge on any atom is -0.457 e. The topological polar surface area (TPSA) is 33.5 Å². The van der Waals surface area contributed by atoms with Crippen LogP contribution in [0.3, 0.4) is 0 Å². The molecule has 5 heteroatoms. The summed E-state index contributed by atoms with van der Waals surface area (Å²) in [6.07, 6.45) is -1.15. The number of aryl methyl sites for hydroxylation is 3. The third-order valence-corrected chi connectivity index (χ3v) is 15.0. The van der Waals surface area contributed by atoms with Gasteiger partial charge in [-0.25, -0.2) is 4.98 Å². The second kappa shape index (κ2) is 18.7. The van der Waals surface area contributed by atoms with Crippen molar-refractivity contribution in [1.82, 2.24) is 9.55 Å². The van der Waals surface area contributed by atoms with Gasteiger partial charge in [0.2, 0.25) is 0 Å². The van der Waals surface area contributed by atoms with Gasteiger partial charge in [-0.15, -0.1) is 0 Å². The van der Waals surface area contributed by atoms with E-state index in [-0.39, 0.29) is 12.8 Å². The van der Waals surface area contributed by atoms with E-state index in [2.05, 4.69) is 193 Å². The molecule has 0 radical (unpaired) electrons. The number of hydrogen-bond donors (Lipinski definition) is 0. The number of hydrogen-bond acceptors (Lipinski definition) is 4. The van der Waals surface area contributed by atoms with Gasteiger partial charge in [-0.1, -0.05) is 176 Å². The van der Waals surface area contributed by atoms with Crippen LogP contribution >= 0.6 is 0 Å². The average molecular weight is 963 g/mol. The molecule has 13 rings (SSSR count). The van der Waals surface area contributed by atoms with Crippen molar-refractivity contribution < 1.29 is 10.2 Å². The van der Waals surface area contributed by atoms with E-state index in [1.807, 2.05) is 60.7 Å². The van der Waals surface area contributed by atoms with Crippen LogP contribution in [0.15, 0.2) is 225 Å². The maximum atomic E-state index is 9.62. The largest absolute Gasteiger partial charge is 0.457 e. The molecular weight excluding hydrogens is 901 g/mol. The van der Waals surface area contributed by atoms with Crippen molar-refractivity contribution in [1.29, 1.82) is 0 Å². The first-order chi connectivity index (χ1) is 37.9. The lowest BCUT2D eigenvalue weighted by atomic mass is 9.65. The van der Waals surface area contributed by atoms with Crippen LogP contribution in [0, 0.1) is 20.8 Å². The standard InChI is InChI=1S/C69H58N4O/c1-47-39-48(2)67(49(3)40-47)52-41-55(71-46-72(64-32-17-16-31-63(64)71)68-58(50-21-8-4-9-22-50)28-20-29-59(68)51-23-10-5-11-24-51)44-57(42-52)74-56-33-34-61-60-27-14-15-30-62(60)73(65(61)45-56)66-43-54(35-38-70-66)69(36-18-7-19-37-69)53-25-12-6-13-26-53/h4-6,8-17,20-35,38-45H,7,18-19,36-37,46H2,1-3H3/i36D2,37D2. The molecule has 1 fully saturated rings. The van der Waals surface area contributed by atoms with Gasteiger partial charge in [-0.3, -0.25) is 4.57 Å². The van der Waals surface area contributed by atoms with E-state index in [4.69, 9.17) is 9.72 Å². The van der Waals surface area contributed by atoms with E-state index in [0.717, 1.165) is 72.4 Å². The summed E-state index contributed by atoms with van der Waals surface area (Å²) in [6, 6.07) is 75.4. The molecule has 0 amide bonds. The number of pyridine rings is 1.